The first-order valence-corrected chi connectivity index (χ1v) is 5.85. The van der Waals surface area contributed by atoms with Gasteiger partial charge >= 0.3 is 0 Å². The number of aromatic nitrogens is 1. The lowest BCUT2D eigenvalue weighted by atomic mass is 10.1. The van der Waals surface area contributed by atoms with Gasteiger partial charge in [0, 0.05) is 18.3 Å². The Morgan fingerprint density at radius 1 is 1.25 bits per heavy atom. The first-order valence-electron chi connectivity index (χ1n) is 5.85. The van der Waals surface area contributed by atoms with Gasteiger partial charge in [0.25, 0.3) is 5.91 Å². The van der Waals surface area contributed by atoms with E-state index in [0.717, 1.165) is 0 Å². The minimum Gasteiger partial charge on any atom is -0.366 e. The Labute approximate surface area is 114 Å². The van der Waals surface area contributed by atoms with E-state index in [-0.39, 0.29) is 12.1 Å². The van der Waals surface area contributed by atoms with Gasteiger partial charge in [-0.3, -0.25) is 9.59 Å². The fourth-order valence-electron chi connectivity index (χ4n) is 1.67. The van der Waals surface area contributed by atoms with Gasteiger partial charge in [0.1, 0.15) is 0 Å². The minimum atomic E-state index is -0.823. The van der Waals surface area contributed by atoms with Crippen LogP contribution in [-0.2, 0) is 6.54 Å². The van der Waals surface area contributed by atoms with Gasteiger partial charge in [-0.15, -0.1) is 0 Å². The van der Waals surface area contributed by atoms with Crippen LogP contribution in [0, 0.1) is 5.95 Å². The van der Waals surface area contributed by atoms with Crippen molar-refractivity contribution in [3.8, 4) is 0 Å². The molecule has 1 heterocycles. The lowest BCUT2D eigenvalue weighted by Gasteiger charge is -2.06. The van der Waals surface area contributed by atoms with Crippen molar-refractivity contribution in [2.45, 2.75) is 6.54 Å². The molecule has 2 aromatic rings. The molecule has 0 aliphatic heterocycles. The van der Waals surface area contributed by atoms with Crippen LogP contribution >= 0.6 is 0 Å². The van der Waals surface area contributed by atoms with Crippen LogP contribution in [0.1, 0.15) is 26.3 Å². The lowest BCUT2D eigenvalue weighted by Crippen LogP contribution is -2.24. The topological polar surface area (TPSA) is 85.1 Å². The molecule has 0 aliphatic carbocycles. The van der Waals surface area contributed by atoms with Crippen molar-refractivity contribution in [3.63, 3.8) is 0 Å². The molecule has 0 fully saturated rings. The van der Waals surface area contributed by atoms with Crippen molar-refractivity contribution in [3.05, 3.63) is 65.2 Å². The Balaban J connectivity index is 2.06. The molecule has 2 rings (SSSR count). The fourth-order valence-corrected chi connectivity index (χ4v) is 1.67. The highest BCUT2D eigenvalue weighted by Gasteiger charge is 2.11. The summed E-state index contributed by atoms with van der Waals surface area (Å²) in [5.74, 6) is -1.94. The van der Waals surface area contributed by atoms with E-state index in [4.69, 9.17) is 5.73 Å². The highest BCUT2D eigenvalue weighted by Crippen LogP contribution is 2.06. The number of carbonyl (C=O) groups excluding carboxylic acids is 2. The van der Waals surface area contributed by atoms with Crippen LogP contribution in [0.25, 0.3) is 0 Å². The minimum absolute atomic E-state index is 0.126. The average molecular weight is 273 g/mol. The molecule has 0 atom stereocenters. The molecule has 0 saturated heterocycles. The van der Waals surface area contributed by atoms with E-state index in [9.17, 15) is 14.0 Å². The molecule has 102 valence electrons. The summed E-state index contributed by atoms with van der Waals surface area (Å²) in [7, 11) is 0. The van der Waals surface area contributed by atoms with E-state index in [1.807, 2.05) is 0 Å². The van der Waals surface area contributed by atoms with Crippen LogP contribution in [0.3, 0.4) is 0 Å². The predicted molar refractivity (Wildman–Crippen MR) is 70.3 cm³/mol. The van der Waals surface area contributed by atoms with Crippen molar-refractivity contribution in [1.29, 1.82) is 0 Å². The van der Waals surface area contributed by atoms with E-state index in [2.05, 4.69) is 10.3 Å². The molecule has 1 aromatic heterocycles. The highest BCUT2D eigenvalue weighted by atomic mass is 19.1. The highest BCUT2D eigenvalue weighted by molar-refractivity contribution is 5.94. The summed E-state index contributed by atoms with van der Waals surface area (Å²) >= 11 is 0. The van der Waals surface area contributed by atoms with Crippen molar-refractivity contribution in [1.82, 2.24) is 10.3 Å². The quantitative estimate of drug-likeness (QED) is 0.822. The van der Waals surface area contributed by atoms with Crippen LogP contribution in [0.5, 0.6) is 0 Å². The maximum absolute atomic E-state index is 13.3. The number of carbonyl (C=O) groups is 2. The molecule has 2 amide bonds. The van der Waals surface area contributed by atoms with Crippen LogP contribution < -0.4 is 11.1 Å². The molecule has 3 N–H and O–H groups in total. The molecule has 0 radical (unpaired) electrons. The van der Waals surface area contributed by atoms with Crippen LogP contribution in [0.2, 0.25) is 0 Å². The SMILES string of the molecule is NC(=O)c1cccc(CNC(=O)c2cccnc2F)c1. The second-order valence-electron chi connectivity index (χ2n) is 4.09. The molecule has 5 nitrogen and oxygen atoms in total. The number of nitrogens with zero attached hydrogens (tertiary/aromatic N) is 1. The Hall–Kier alpha value is -2.76. The maximum Gasteiger partial charge on any atom is 0.256 e. The maximum atomic E-state index is 13.3. The van der Waals surface area contributed by atoms with Crippen molar-refractivity contribution in [2.75, 3.05) is 0 Å². The number of rotatable bonds is 4. The van der Waals surface area contributed by atoms with Crippen molar-refractivity contribution >= 4 is 11.8 Å². The van der Waals surface area contributed by atoms with Crippen LogP contribution in [0.15, 0.2) is 42.6 Å². The molecule has 6 heteroatoms. The van der Waals surface area contributed by atoms with E-state index < -0.39 is 17.8 Å². The van der Waals surface area contributed by atoms with Gasteiger partial charge in [0.2, 0.25) is 11.9 Å². The summed E-state index contributed by atoms with van der Waals surface area (Å²) in [5, 5.41) is 2.55. The van der Waals surface area contributed by atoms with Gasteiger partial charge in [-0.25, -0.2) is 4.98 Å². The van der Waals surface area contributed by atoms with Gasteiger partial charge < -0.3 is 11.1 Å². The number of primary amides is 1. The number of nitrogens with one attached hydrogen (secondary N) is 1. The molecular formula is C14H12FN3O2. The third-order valence-electron chi connectivity index (χ3n) is 2.67. The predicted octanol–water partition coefficient (Wildman–Crippen LogP) is 1.25. The Morgan fingerprint density at radius 3 is 2.75 bits per heavy atom. The molecule has 0 unspecified atom stereocenters. The first kappa shape index (κ1) is 13.7. The van der Waals surface area contributed by atoms with Crippen molar-refractivity contribution < 1.29 is 14.0 Å². The number of amides is 2. The van der Waals surface area contributed by atoms with E-state index in [1.54, 1.807) is 24.3 Å². The number of benzene rings is 1. The normalized spacial score (nSPS) is 10.1. The molecule has 0 spiro atoms. The zero-order chi connectivity index (χ0) is 14.5. The summed E-state index contributed by atoms with van der Waals surface area (Å²) in [6.45, 7) is 0.161. The monoisotopic (exact) mass is 273 g/mol. The largest absolute Gasteiger partial charge is 0.366 e. The van der Waals surface area contributed by atoms with Gasteiger partial charge in [-0.2, -0.15) is 4.39 Å². The summed E-state index contributed by atoms with van der Waals surface area (Å²) in [5.41, 5.74) is 6.08. The molecule has 20 heavy (non-hydrogen) atoms. The third kappa shape index (κ3) is 3.17. The fraction of sp³-hybridized carbons (Fsp3) is 0.0714. The summed E-state index contributed by atoms with van der Waals surface area (Å²) in [4.78, 5) is 26.2. The summed E-state index contributed by atoms with van der Waals surface area (Å²) in [6, 6.07) is 9.36. The Kier molecular flexibility index (Phi) is 4.05. The molecule has 0 aliphatic rings. The molecule has 0 saturated carbocycles. The smallest absolute Gasteiger partial charge is 0.256 e. The van der Waals surface area contributed by atoms with Gasteiger partial charge in [0.15, 0.2) is 0 Å². The standard InChI is InChI=1S/C14H12FN3O2/c15-12-11(5-2-6-17-12)14(20)18-8-9-3-1-4-10(7-9)13(16)19/h1-7H,8H2,(H2,16,19)(H,18,20). The zero-order valence-corrected chi connectivity index (χ0v) is 10.5. The Bertz CT molecular complexity index is 658. The number of pyridine rings is 1. The molecule has 1 aromatic carbocycles. The number of nitrogens with two attached hydrogens (primary N) is 1. The number of hydrogen-bond donors (Lipinski definition) is 2. The second kappa shape index (κ2) is 5.92. The lowest BCUT2D eigenvalue weighted by molar-refractivity contribution is 0.0945. The second-order valence-corrected chi connectivity index (χ2v) is 4.09. The first-order chi connectivity index (χ1) is 9.58. The average Bonchev–Trinajstić information content (AvgIpc) is 2.45. The summed E-state index contributed by atoms with van der Waals surface area (Å²) < 4.78 is 13.3. The van der Waals surface area contributed by atoms with Crippen LogP contribution in [0.4, 0.5) is 4.39 Å². The van der Waals surface area contributed by atoms with E-state index >= 15 is 0 Å². The number of hydrogen-bond acceptors (Lipinski definition) is 3. The third-order valence-corrected chi connectivity index (χ3v) is 2.67. The van der Waals surface area contributed by atoms with E-state index in [0.29, 0.717) is 11.1 Å². The van der Waals surface area contributed by atoms with Crippen molar-refractivity contribution in [2.24, 2.45) is 5.73 Å². The van der Waals surface area contributed by atoms with Gasteiger partial charge in [-0.05, 0) is 29.8 Å². The Morgan fingerprint density at radius 2 is 2.05 bits per heavy atom. The van der Waals surface area contributed by atoms with Crippen LogP contribution in [-0.4, -0.2) is 16.8 Å². The molecule has 0 bridgehead atoms. The number of halogens is 1. The molecular weight excluding hydrogens is 261 g/mol. The van der Waals surface area contributed by atoms with Gasteiger partial charge in [-0.1, -0.05) is 12.1 Å². The van der Waals surface area contributed by atoms with E-state index in [1.165, 1.54) is 18.3 Å². The zero-order valence-electron chi connectivity index (χ0n) is 10.5. The summed E-state index contributed by atoms with van der Waals surface area (Å²) in [6.07, 6.45) is 1.27. The van der Waals surface area contributed by atoms with Gasteiger partial charge in [0.05, 0.1) is 5.56 Å².